The number of carbonyl (C=O) groups excluding carboxylic acids is 2. The number of carboxylic acids is 1. The van der Waals surface area contributed by atoms with Crippen molar-refractivity contribution >= 4 is 35.2 Å². The minimum Gasteiger partial charge on any atom is -0.481 e. The predicted molar refractivity (Wildman–Crippen MR) is 77.3 cm³/mol. The topological polar surface area (TPSA) is 95.5 Å². The number of carboxylic acid groups (broad SMARTS) is 1. The monoisotopic (exact) mass is 306 g/mol. The summed E-state index contributed by atoms with van der Waals surface area (Å²) in [5, 5.41) is 14.3. The molecule has 2 aliphatic rings. The van der Waals surface area contributed by atoms with Crippen molar-refractivity contribution in [3.8, 4) is 0 Å². The zero-order chi connectivity index (χ0) is 15.0. The van der Waals surface area contributed by atoms with E-state index in [2.05, 4.69) is 10.6 Å². The molecule has 0 aromatic heterocycles. The number of amides is 2. The van der Waals surface area contributed by atoms with Crippen LogP contribution in [-0.4, -0.2) is 34.7 Å². The lowest BCUT2D eigenvalue weighted by Crippen LogP contribution is -2.28. The number of anilines is 1. The van der Waals surface area contributed by atoms with E-state index in [9.17, 15) is 14.4 Å². The molecule has 2 amide bonds. The molecule has 0 radical (unpaired) electrons. The SMILES string of the molecule is O=C(O)CC1C[C@H](c2ccc3c(c2)NC(=O)CS3)C(=O)N1. The number of fused-ring (bicyclic) bond motifs is 1. The average Bonchev–Trinajstić information content (AvgIpc) is 2.77. The summed E-state index contributed by atoms with van der Waals surface area (Å²) in [7, 11) is 0. The van der Waals surface area contributed by atoms with Crippen LogP contribution in [0, 0.1) is 0 Å². The van der Waals surface area contributed by atoms with Gasteiger partial charge in [0.05, 0.1) is 23.8 Å². The number of benzene rings is 1. The van der Waals surface area contributed by atoms with Gasteiger partial charge in [0.15, 0.2) is 0 Å². The van der Waals surface area contributed by atoms with Gasteiger partial charge in [0.1, 0.15) is 0 Å². The van der Waals surface area contributed by atoms with Crippen LogP contribution in [0.25, 0.3) is 0 Å². The number of thioether (sulfide) groups is 1. The first-order valence-corrected chi connectivity index (χ1v) is 7.60. The molecule has 1 aromatic carbocycles. The van der Waals surface area contributed by atoms with Crippen molar-refractivity contribution in [3.63, 3.8) is 0 Å². The Morgan fingerprint density at radius 3 is 2.95 bits per heavy atom. The molecule has 2 atom stereocenters. The summed E-state index contributed by atoms with van der Waals surface area (Å²) in [6.07, 6.45) is 0.394. The summed E-state index contributed by atoms with van der Waals surface area (Å²) in [6.45, 7) is 0. The lowest BCUT2D eigenvalue weighted by Gasteiger charge is -2.18. The van der Waals surface area contributed by atoms with E-state index in [1.54, 1.807) is 0 Å². The molecule has 21 heavy (non-hydrogen) atoms. The second-order valence-electron chi connectivity index (χ2n) is 5.18. The van der Waals surface area contributed by atoms with Crippen molar-refractivity contribution in [3.05, 3.63) is 23.8 Å². The van der Waals surface area contributed by atoms with Crippen LogP contribution < -0.4 is 10.6 Å². The average molecular weight is 306 g/mol. The maximum Gasteiger partial charge on any atom is 0.305 e. The van der Waals surface area contributed by atoms with Gasteiger partial charge in [0.25, 0.3) is 0 Å². The first kappa shape index (κ1) is 13.9. The molecule has 2 heterocycles. The first-order valence-electron chi connectivity index (χ1n) is 6.61. The summed E-state index contributed by atoms with van der Waals surface area (Å²) in [6, 6.07) is 5.25. The number of aliphatic carboxylic acids is 1. The molecule has 3 N–H and O–H groups in total. The quantitative estimate of drug-likeness (QED) is 0.779. The lowest BCUT2D eigenvalue weighted by atomic mass is 9.94. The standard InChI is InChI=1S/C14H14N2O4S/c17-12-6-21-11-2-1-7(3-10(11)16-12)9-4-8(5-13(18)19)15-14(9)20/h1-3,8-9H,4-6H2,(H,15,20)(H,16,17)(H,18,19)/t8?,9-/m1/s1. The van der Waals surface area contributed by atoms with E-state index < -0.39 is 5.97 Å². The second kappa shape index (κ2) is 5.40. The molecule has 1 fully saturated rings. The van der Waals surface area contributed by atoms with Gasteiger partial charge in [-0.05, 0) is 24.1 Å². The first-order chi connectivity index (χ1) is 10.0. The molecular weight excluding hydrogens is 292 g/mol. The molecule has 110 valence electrons. The predicted octanol–water partition coefficient (Wildman–Crippen LogP) is 1.18. The maximum atomic E-state index is 12.0. The molecule has 7 heteroatoms. The number of rotatable bonds is 3. The molecule has 6 nitrogen and oxygen atoms in total. The third-order valence-electron chi connectivity index (χ3n) is 3.64. The highest BCUT2D eigenvalue weighted by atomic mass is 32.2. The summed E-state index contributed by atoms with van der Waals surface area (Å²) in [4.78, 5) is 35.1. The minimum absolute atomic E-state index is 0.0516. The second-order valence-corrected chi connectivity index (χ2v) is 6.20. The minimum atomic E-state index is -0.921. The Balaban J connectivity index is 1.81. The highest BCUT2D eigenvalue weighted by Crippen LogP contribution is 2.36. The molecule has 2 aliphatic heterocycles. The van der Waals surface area contributed by atoms with E-state index in [0.29, 0.717) is 12.2 Å². The van der Waals surface area contributed by atoms with E-state index in [4.69, 9.17) is 5.11 Å². The van der Waals surface area contributed by atoms with Crippen molar-refractivity contribution in [1.82, 2.24) is 5.32 Å². The van der Waals surface area contributed by atoms with Gasteiger partial charge in [-0.15, -0.1) is 11.8 Å². The van der Waals surface area contributed by atoms with Crippen LogP contribution in [0.2, 0.25) is 0 Å². The van der Waals surface area contributed by atoms with Gasteiger partial charge in [0.2, 0.25) is 11.8 Å². The van der Waals surface area contributed by atoms with Crippen molar-refractivity contribution in [2.75, 3.05) is 11.1 Å². The largest absolute Gasteiger partial charge is 0.481 e. The highest BCUT2D eigenvalue weighted by Gasteiger charge is 2.34. The van der Waals surface area contributed by atoms with Crippen LogP contribution in [-0.2, 0) is 14.4 Å². The molecule has 1 saturated heterocycles. The Morgan fingerprint density at radius 2 is 2.19 bits per heavy atom. The van der Waals surface area contributed by atoms with Gasteiger partial charge < -0.3 is 15.7 Å². The zero-order valence-corrected chi connectivity index (χ0v) is 11.9. The Bertz CT molecular complexity index is 631. The zero-order valence-electron chi connectivity index (χ0n) is 11.1. The number of carbonyl (C=O) groups is 3. The van der Waals surface area contributed by atoms with Crippen molar-refractivity contribution < 1.29 is 19.5 Å². The fourth-order valence-corrected chi connectivity index (χ4v) is 3.49. The lowest BCUT2D eigenvalue weighted by molar-refractivity contribution is -0.137. The third kappa shape index (κ3) is 2.87. The van der Waals surface area contributed by atoms with Crippen molar-refractivity contribution in [2.45, 2.75) is 29.7 Å². The van der Waals surface area contributed by atoms with Crippen LogP contribution in [0.5, 0.6) is 0 Å². The normalized spacial score (nSPS) is 24.2. The van der Waals surface area contributed by atoms with Crippen LogP contribution in [0.4, 0.5) is 5.69 Å². The van der Waals surface area contributed by atoms with Crippen LogP contribution in [0.1, 0.15) is 24.3 Å². The van der Waals surface area contributed by atoms with Gasteiger partial charge in [-0.25, -0.2) is 0 Å². The Labute approximate surface area is 125 Å². The molecule has 0 saturated carbocycles. The van der Waals surface area contributed by atoms with Crippen LogP contribution in [0.15, 0.2) is 23.1 Å². The summed E-state index contributed by atoms with van der Waals surface area (Å²) >= 11 is 1.47. The number of nitrogens with one attached hydrogen (secondary N) is 2. The fourth-order valence-electron chi connectivity index (χ4n) is 2.70. The third-order valence-corrected chi connectivity index (χ3v) is 4.72. The van der Waals surface area contributed by atoms with Crippen LogP contribution in [0.3, 0.4) is 0 Å². The van der Waals surface area contributed by atoms with Gasteiger partial charge in [-0.3, -0.25) is 14.4 Å². The van der Waals surface area contributed by atoms with E-state index in [1.165, 1.54) is 11.8 Å². The highest BCUT2D eigenvalue weighted by molar-refractivity contribution is 8.00. The van der Waals surface area contributed by atoms with E-state index in [1.807, 2.05) is 18.2 Å². The Morgan fingerprint density at radius 1 is 1.38 bits per heavy atom. The molecular formula is C14H14N2O4S. The summed E-state index contributed by atoms with van der Waals surface area (Å²) in [5.41, 5.74) is 1.53. The summed E-state index contributed by atoms with van der Waals surface area (Å²) in [5.74, 6) is -1.09. The number of hydrogen-bond donors (Lipinski definition) is 3. The van der Waals surface area contributed by atoms with Crippen molar-refractivity contribution in [2.24, 2.45) is 0 Å². The van der Waals surface area contributed by atoms with Gasteiger partial charge >= 0.3 is 5.97 Å². The molecule has 0 bridgehead atoms. The Kier molecular flexibility index (Phi) is 3.59. The van der Waals surface area contributed by atoms with E-state index >= 15 is 0 Å². The maximum absolute atomic E-state index is 12.0. The van der Waals surface area contributed by atoms with E-state index in [0.717, 1.165) is 16.1 Å². The molecule has 1 unspecified atom stereocenters. The fraction of sp³-hybridized carbons (Fsp3) is 0.357. The van der Waals surface area contributed by atoms with E-state index in [-0.39, 0.29) is 30.2 Å². The Hall–Kier alpha value is -2.02. The molecule has 1 aromatic rings. The molecule has 3 rings (SSSR count). The van der Waals surface area contributed by atoms with Gasteiger partial charge in [-0.1, -0.05) is 6.07 Å². The van der Waals surface area contributed by atoms with Gasteiger partial charge in [0, 0.05) is 10.9 Å². The smallest absolute Gasteiger partial charge is 0.305 e. The summed E-state index contributed by atoms with van der Waals surface area (Å²) < 4.78 is 0. The molecule has 0 spiro atoms. The van der Waals surface area contributed by atoms with Crippen LogP contribution >= 0.6 is 11.8 Å². The van der Waals surface area contributed by atoms with Crippen molar-refractivity contribution in [1.29, 1.82) is 0 Å². The number of hydrogen-bond acceptors (Lipinski definition) is 4. The molecule has 0 aliphatic carbocycles. The van der Waals surface area contributed by atoms with Gasteiger partial charge in [-0.2, -0.15) is 0 Å².